The summed E-state index contributed by atoms with van der Waals surface area (Å²) in [7, 11) is 0. The molecule has 4 rings (SSSR count). The number of hydrogen-bond acceptors (Lipinski definition) is 4. The zero-order valence-electron chi connectivity index (χ0n) is 13.4. The van der Waals surface area contributed by atoms with E-state index >= 15 is 0 Å². The predicted octanol–water partition coefficient (Wildman–Crippen LogP) is 2.38. The summed E-state index contributed by atoms with van der Waals surface area (Å²) in [4.78, 5) is 19.3. The van der Waals surface area contributed by atoms with Crippen LogP contribution in [0, 0.1) is 0 Å². The largest absolute Gasteiger partial charge is 0.382 e. The highest BCUT2D eigenvalue weighted by Gasteiger charge is 2.18. The number of anilines is 1. The molecule has 2 aromatic carbocycles. The van der Waals surface area contributed by atoms with Gasteiger partial charge in [-0.1, -0.05) is 23.0 Å². The van der Waals surface area contributed by atoms with Crippen molar-refractivity contribution in [1.29, 1.82) is 0 Å². The van der Waals surface area contributed by atoms with Gasteiger partial charge in [0, 0.05) is 5.69 Å². The predicted molar refractivity (Wildman–Crippen MR) is 90.7 cm³/mol. The molecule has 0 fully saturated rings. The molecule has 1 aliphatic carbocycles. The van der Waals surface area contributed by atoms with Crippen LogP contribution in [0.3, 0.4) is 0 Å². The van der Waals surface area contributed by atoms with Gasteiger partial charge in [-0.25, -0.2) is 0 Å². The fraction of sp³-hybridized carbons (Fsp3) is 0.278. The number of aryl methyl sites for hydroxylation is 2. The van der Waals surface area contributed by atoms with Crippen molar-refractivity contribution in [3.05, 3.63) is 53.6 Å². The molecule has 0 spiro atoms. The second-order valence-corrected chi connectivity index (χ2v) is 6.03. The summed E-state index contributed by atoms with van der Waals surface area (Å²) in [5, 5.41) is 10.9. The molecule has 0 unspecified atom stereocenters. The Kier molecular flexibility index (Phi) is 3.65. The van der Waals surface area contributed by atoms with Crippen LogP contribution in [0.25, 0.3) is 11.0 Å². The van der Waals surface area contributed by atoms with Crippen LogP contribution in [0.1, 0.15) is 24.5 Å². The maximum Gasteiger partial charge on any atom is 0.267 e. The van der Waals surface area contributed by atoms with Crippen LogP contribution in [0.5, 0.6) is 0 Å². The number of para-hydroxylation sites is 1. The Morgan fingerprint density at radius 2 is 2.04 bits per heavy atom. The number of hydrogen-bond donors (Lipinski definition) is 1. The van der Waals surface area contributed by atoms with Crippen LogP contribution in [0.4, 0.5) is 5.69 Å². The molecule has 1 N–H and O–H groups in total. The second kappa shape index (κ2) is 5.96. The standard InChI is InChI=1S/C18H18N4O2/c1-12(24-22-17-8-3-2-7-16(17)20-21-22)18(23)19-15-10-9-13-5-4-6-14(13)11-15/h2-3,7-12H,4-6H2,1H3,(H,19,23)/t12-/m1/s1. The van der Waals surface area contributed by atoms with Crippen molar-refractivity contribution in [3.63, 3.8) is 0 Å². The number of nitrogens with zero attached hydrogens (tertiary/aromatic N) is 3. The van der Waals surface area contributed by atoms with Crippen molar-refractivity contribution in [3.8, 4) is 0 Å². The summed E-state index contributed by atoms with van der Waals surface area (Å²) in [5.41, 5.74) is 4.97. The van der Waals surface area contributed by atoms with E-state index in [1.807, 2.05) is 30.3 Å². The van der Waals surface area contributed by atoms with Gasteiger partial charge in [-0.2, -0.15) is 0 Å². The van der Waals surface area contributed by atoms with E-state index in [0.29, 0.717) is 0 Å². The van der Waals surface area contributed by atoms with E-state index in [1.165, 1.54) is 22.4 Å². The van der Waals surface area contributed by atoms with Crippen LogP contribution in [-0.2, 0) is 17.6 Å². The molecule has 0 saturated heterocycles. The minimum Gasteiger partial charge on any atom is -0.382 e. The molecule has 1 atom stereocenters. The number of benzene rings is 2. The van der Waals surface area contributed by atoms with Gasteiger partial charge < -0.3 is 10.2 Å². The Morgan fingerprint density at radius 3 is 2.96 bits per heavy atom. The molecule has 1 heterocycles. The maximum absolute atomic E-state index is 12.4. The van der Waals surface area contributed by atoms with Gasteiger partial charge in [-0.05, 0) is 66.8 Å². The van der Waals surface area contributed by atoms with Crippen LogP contribution in [0.2, 0.25) is 0 Å². The third-order valence-electron chi connectivity index (χ3n) is 4.31. The highest BCUT2D eigenvalue weighted by Crippen LogP contribution is 2.25. The van der Waals surface area contributed by atoms with E-state index in [0.717, 1.165) is 29.6 Å². The lowest BCUT2D eigenvalue weighted by molar-refractivity contribution is -0.127. The van der Waals surface area contributed by atoms with Gasteiger partial charge in [0.2, 0.25) is 6.10 Å². The van der Waals surface area contributed by atoms with Crippen molar-refractivity contribution in [2.75, 3.05) is 5.32 Å². The van der Waals surface area contributed by atoms with Crippen LogP contribution in [0.15, 0.2) is 42.5 Å². The smallest absolute Gasteiger partial charge is 0.267 e. The lowest BCUT2D eigenvalue weighted by Gasteiger charge is -2.14. The molecule has 0 radical (unpaired) electrons. The third kappa shape index (κ3) is 2.71. The molecular formula is C18H18N4O2. The molecule has 3 aromatic rings. The number of carbonyl (C=O) groups is 1. The lowest BCUT2D eigenvalue weighted by atomic mass is 10.1. The van der Waals surface area contributed by atoms with Crippen molar-refractivity contribution in [2.24, 2.45) is 0 Å². The topological polar surface area (TPSA) is 69.0 Å². The molecule has 24 heavy (non-hydrogen) atoms. The number of fused-ring (bicyclic) bond motifs is 2. The monoisotopic (exact) mass is 322 g/mol. The molecular weight excluding hydrogens is 304 g/mol. The highest BCUT2D eigenvalue weighted by molar-refractivity contribution is 5.94. The fourth-order valence-corrected chi connectivity index (χ4v) is 3.02. The van der Waals surface area contributed by atoms with Gasteiger partial charge in [0.15, 0.2) is 0 Å². The SMILES string of the molecule is C[C@@H](On1nnc2ccccc21)C(=O)Nc1ccc2c(c1)CCC2. The van der Waals surface area contributed by atoms with Gasteiger partial charge in [-0.15, -0.1) is 5.10 Å². The maximum atomic E-state index is 12.4. The first-order chi connectivity index (χ1) is 11.7. The van der Waals surface area contributed by atoms with E-state index in [2.05, 4.69) is 27.8 Å². The van der Waals surface area contributed by atoms with E-state index in [4.69, 9.17) is 4.84 Å². The van der Waals surface area contributed by atoms with E-state index in [-0.39, 0.29) is 5.91 Å². The summed E-state index contributed by atoms with van der Waals surface area (Å²) in [6, 6.07) is 13.5. The van der Waals surface area contributed by atoms with Gasteiger partial charge in [0.25, 0.3) is 5.91 Å². The lowest BCUT2D eigenvalue weighted by Crippen LogP contribution is -2.35. The van der Waals surface area contributed by atoms with Gasteiger partial charge >= 0.3 is 0 Å². The Hall–Kier alpha value is -2.89. The van der Waals surface area contributed by atoms with Crippen molar-refractivity contribution < 1.29 is 9.63 Å². The van der Waals surface area contributed by atoms with Gasteiger partial charge in [-0.3, -0.25) is 4.79 Å². The molecule has 6 nitrogen and oxygen atoms in total. The number of aromatic nitrogens is 3. The summed E-state index contributed by atoms with van der Waals surface area (Å²) < 4.78 is 0. The molecule has 1 amide bonds. The third-order valence-corrected chi connectivity index (χ3v) is 4.31. The quantitative estimate of drug-likeness (QED) is 0.801. The zero-order chi connectivity index (χ0) is 16.5. The molecule has 1 aromatic heterocycles. The average molecular weight is 322 g/mol. The Bertz CT molecular complexity index is 903. The number of rotatable bonds is 4. The van der Waals surface area contributed by atoms with Crippen LogP contribution in [-0.4, -0.2) is 27.2 Å². The minimum absolute atomic E-state index is 0.215. The van der Waals surface area contributed by atoms with Crippen molar-refractivity contribution in [2.45, 2.75) is 32.3 Å². The van der Waals surface area contributed by atoms with Gasteiger partial charge in [0.05, 0.1) is 0 Å². The number of carbonyl (C=O) groups excluding carboxylic acids is 1. The minimum atomic E-state index is -0.691. The fourth-order valence-electron chi connectivity index (χ4n) is 3.02. The Morgan fingerprint density at radius 1 is 1.21 bits per heavy atom. The average Bonchev–Trinajstić information content (AvgIpc) is 3.21. The van der Waals surface area contributed by atoms with Crippen LogP contribution < -0.4 is 10.2 Å². The highest BCUT2D eigenvalue weighted by atomic mass is 16.7. The first-order valence-electron chi connectivity index (χ1n) is 8.11. The normalized spacial score (nSPS) is 14.4. The van der Waals surface area contributed by atoms with E-state index in [1.54, 1.807) is 6.92 Å². The van der Waals surface area contributed by atoms with Crippen molar-refractivity contribution in [1.82, 2.24) is 15.2 Å². The second-order valence-electron chi connectivity index (χ2n) is 6.03. The summed E-state index contributed by atoms with van der Waals surface area (Å²) in [6.45, 7) is 1.69. The summed E-state index contributed by atoms with van der Waals surface area (Å²) in [6.07, 6.45) is 2.70. The zero-order valence-corrected chi connectivity index (χ0v) is 13.4. The summed E-state index contributed by atoms with van der Waals surface area (Å²) >= 11 is 0. The Labute approximate surface area is 139 Å². The molecule has 0 bridgehead atoms. The number of nitrogens with one attached hydrogen (secondary N) is 1. The molecule has 1 aliphatic rings. The molecule has 0 aliphatic heterocycles. The molecule has 6 heteroatoms. The number of amides is 1. The molecule has 122 valence electrons. The van der Waals surface area contributed by atoms with Crippen molar-refractivity contribution >= 4 is 22.6 Å². The molecule has 0 saturated carbocycles. The van der Waals surface area contributed by atoms with E-state index in [9.17, 15) is 4.79 Å². The summed E-state index contributed by atoms with van der Waals surface area (Å²) in [5.74, 6) is -0.215. The Balaban J connectivity index is 1.46. The first kappa shape index (κ1) is 14.7. The van der Waals surface area contributed by atoms with Gasteiger partial charge in [0.1, 0.15) is 11.0 Å². The first-order valence-corrected chi connectivity index (χ1v) is 8.11. The van der Waals surface area contributed by atoms with Crippen LogP contribution >= 0.6 is 0 Å². The van der Waals surface area contributed by atoms with E-state index < -0.39 is 6.10 Å².